The van der Waals surface area contributed by atoms with Gasteiger partial charge in [0.25, 0.3) is 0 Å². The number of aromatic carboxylic acids is 1. The van der Waals surface area contributed by atoms with E-state index in [2.05, 4.69) is 9.27 Å². The highest BCUT2D eigenvalue weighted by atomic mass is 32.1. The monoisotopic (exact) mass is 375 g/mol. The minimum absolute atomic E-state index is 0.107. The van der Waals surface area contributed by atoms with Gasteiger partial charge in [-0.2, -0.15) is 4.37 Å². The van der Waals surface area contributed by atoms with Gasteiger partial charge in [-0.05, 0) is 56.9 Å². The molecule has 0 aliphatic carbocycles. The number of anilines is 1. The molecule has 4 rings (SSSR count). The maximum Gasteiger partial charge on any atom is 0.410 e. The quantitative estimate of drug-likeness (QED) is 0.868. The van der Waals surface area contributed by atoms with Crippen LogP contribution in [0.25, 0.3) is 10.1 Å². The summed E-state index contributed by atoms with van der Waals surface area (Å²) < 4.78 is 10.4. The van der Waals surface area contributed by atoms with Crippen LogP contribution in [-0.4, -0.2) is 57.2 Å². The second-order valence-corrected chi connectivity index (χ2v) is 8.65. The third kappa shape index (κ3) is 2.88. The third-order valence-electron chi connectivity index (χ3n) is 4.86. The van der Waals surface area contributed by atoms with E-state index in [0.717, 1.165) is 23.4 Å². The van der Waals surface area contributed by atoms with Gasteiger partial charge in [0, 0.05) is 30.2 Å². The Balaban J connectivity index is 1.51. The van der Waals surface area contributed by atoms with Crippen molar-refractivity contribution in [1.29, 1.82) is 0 Å². The smallest absolute Gasteiger partial charge is 0.410 e. The molecule has 7 nitrogen and oxygen atoms in total. The zero-order chi connectivity index (χ0) is 18.6. The van der Waals surface area contributed by atoms with E-state index in [1.54, 1.807) is 0 Å². The highest BCUT2D eigenvalue weighted by Crippen LogP contribution is 2.37. The van der Waals surface area contributed by atoms with Gasteiger partial charge in [-0.25, -0.2) is 9.59 Å². The molecule has 1 aromatic carbocycles. The number of hydrogen-bond acceptors (Lipinski definition) is 6. The van der Waals surface area contributed by atoms with Crippen LogP contribution in [0.1, 0.15) is 37.7 Å². The molecule has 2 bridgehead atoms. The molecule has 8 heteroatoms. The molecule has 0 unspecified atom stereocenters. The zero-order valence-corrected chi connectivity index (χ0v) is 15.7. The lowest BCUT2D eigenvalue weighted by Crippen LogP contribution is -2.50. The number of fused-ring (bicyclic) bond motifs is 3. The van der Waals surface area contributed by atoms with Crippen molar-refractivity contribution in [3.63, 3.8) is 0 Å². The van der Waals surface area contributed by atoms with Gasteiger partial charge in [0.1, 0.15) is 5.60 Å². The average molecular weight is 375 g/mol. The lowest BCUT2D eigenvalue weighted by Gasteiger charge is -2.36. The number of piperazine rings is 1. The van der Waals surface area contributed by atoms with Crippen LogP contribution >= 0.6 is 11.5 Å². The first-order chi connectivity index (χ1) is 12.2. The molecular formula is C18H21N3O4S. The molecule has 2 fully saturated rings. The number of benzene rings is 1. The minimum atomic E-state index is -1.00. The Morgan fingerprint density at radius 1 is 1.27 bits per heavy atom. The zero-order valence-electron chi connectivity index (χ0n) is 14.9. The second kappa shape index (κ2) is 5.84. The van der Waals surface area contributed by atoms with E-state index in [9.17, 15) is 14.7 Å². The van der Waals surface area contributed by atoms with Gasteiger partial charge in [-0.1, -0.05) is 0 Å². The highest BCUT2D eigenvalue weighted by molar-refractivity contribution is 7.13. The maximum absolute atomic E-state index is 12.4. The van der Waals surface area contributed by atoms with Crippen molar-refractivity contribution in [2.75, 3.05) is 18.0 Å². The Labute approximate surface area is 155 Å². The summed E-state index contributed by atoms with van der Waals surface area (Å²) in [6.07, 6.45) is 0.689. The van der Waals surface area contributed by atoms with Crippen LogP contribution in [0.5, 0.6) is 0 Å². The fraction of sp³-hybridized carbons (Fsp3) is 0.500. The Morgan fingerprint density at radius 3 is 2.65 bits per heavy atom. The molecule has 2 aliphatic rings. The van der Waals surface area contributed by atoms with Crippen LogP contribution < -0.4 is 4.90 Å². The van der Waals surface area contributed by atoms with E-state index in [1.165, 1.54) is 11.5 Å². The second-order valence-electron chi connectivity index (χ2n) is 7.85. The maximum atomic E-state index is 12.4. The molecule has 2 atom stereocenters. The van der Waals surface area contributed by atoms with E-state index in [1.807, 2.05) is 43.9 Å². The van der Waals surface area contributed by atoms with Crippen LogP contribution in [-0.2, 0) is 4.74 Å². The largest absolute Gasteiger partial charge is 0.476 e. The molecule has 2 saturated heterocycles. The molecule has 0 saturated carbocycles. The van der Waals surface area contributed by atoms with Gasteiger partial charge in [0.05, 0.1) is 10.7 Å². The summed E-state index contributed by atoms with van der Waals surface area (Å²) in [4.78, 5) is 27.7. The summed E-state index contributed by atoms with van der Waals surface area (Å²) in [5, 5.41) is 9.86. The number of likely N-dealkylation sites (tertiary alicyclic amines) is 1. The number of amides is 1. The molecule has 26 heavy (non-hydrogen) atoms. The first kappa shape index (κ1) is 17.1. The number of aromatic nitrogens is 1. The number of carbonyl (C=O) groups is 2. The predicted molar refractivity (Wildman–Crippen MR) is 99.1 cm³/mol. The SMILES string of the molecule is CC(C)(C)OC(=O)N1C[C@@H]2C[C@H]1CN2c1ccc2c(C(=O)O)nsc2c1. The summed E-state index contributed by atoms with van der Waals surface area (Å²) in [6, 6.07) is 6.19. The van der Waals surface area contributed by atoms with Gasteiger partial charge in [0.2, 0.25) is 0 Å². The number of carbonyl (C=O) groups excluding carboxylic acids is 1. The molecular weight excluding hydrogens is 354 g/mol. The standard InChI is InChI=1S/C18H21N3O4S/c1-18(2,3)25-17(24)21-9-11-6-12(21)8-20(11)10-4-5-13-14(7-10)26-19-15(13)16(22)23/h4-5,7,11-12H,6,8-9H2,1-3H3,(H,22,23)/t11-,12-/m0/s1. The number of carboxylic acid groups (broad SMARTS) is 1. The highest BCUT2D eigenvalue weighted by Gasteiger charge is 2.46. The number of hydrogen-bond donors (Lipinski definition) is 1. The topological polar surface area (TPSA) is 83.0 Å². The Hall–Kier alpha value is -2.35. The summed E-state index contributed by atoms with van der Waals surface area (Å²) in [5.74, 6) is -1.00. The fourth-order valence-electron chi connectivity index (χ4n) is 3.79. The summed E-state index contributed by atoms with van der Waals surface area (Å²) in [7, 11) is 0. The number of nitrogens with zero attached hydrogens (tertiary/aromatic N) is 3. The van der Waals surface area contributed by atoms with Crippen LogP contribution in [0.4, 0.5) is 10.5 Å². The first-order valence-corrected chi connectivity index (χ1v) is 9.39. The van der Waals surface area contributed by atoms with Gasteiger partial charge in [-0.3, -0.25) is 0 Å². The number of carboxylic acids is 1. The van der Waals surface area contributed by atoms with Gasteiger partial charge in [-0.15, -0.1) is 0 Å². The van der Waals surface area contributed by atoms with Crippen LogP contribution in [0.3, 0.4) is 0 Å². The Bertz CT molecular complexity index is 888. The minimum Gasteiger partial charge on any atom is -0.476 e. The number of rotatable bonds is 2. The molecule has 0 spiro atoms. The van der Waals surface area contributed by atoms with E-state index >= 15 is 0 Å². The third-order valence-corrected chi connectivity index (χ3v) is 5.67. The van der Waals surface area contributed by atoms with Crippen molar-refractivity contribution < 1.29 is 19.4 Å². The first-order valence-electron chi connectivity index (χ1n) is 8.62. The van der Waals surface area contributed by atoms with Crippen molar-refractivity contribution in [2.45, 2.75) is 44.9 Å². The Kier molecular flexibility index (Phi) is 3.83. The van der Waals surface area contributed by atoms with Crippen LogP contribution in [0.15, 0.2) is 18.2 Å². The van der Waals surface area contributed by atoms with E-state index in [0.29, 0.717) is 11.9 Å². The van der Waals surface area contributed by atoms with Crippen molar-refractivity contribution in [1.82, 2.24) is 9.27 Å². The molecule has 138 valence electrons. The molecule has 2 aliphatic heterocycles. The fourth-order valence-corrected chi connectivity index (χ4v) is 4.59. The molecule has 1 aromatic heterocycles. The Morgan fingerprint density at radius 2 is 2.04 bits per heavy atom. The molecule has 2 aromatic rings. The summed E-state index contributed by atoms with van der Waals surface area (Å²) in [6.45, 7) is 7.05. The molecule has 3 heterocycles. The lowest BCUT2D eigenvalue weighted by atomic mass is 10.1. The van der Waals surface area contributed by atoms with Crippen molar-refractivity contribution in [2.24, 2.45) is 0 Å². The summed E-state index contributed by atoms with van der Waals surface area (Å²) >= 11 is 1.21. The molecule has 1 amide bonds. The van der Waals surface area contributed by atoms with Crippen molar-refractivity contribution in [3.05, 3.63) is 23.9 Å². The van der Waals surface area contributed by atoms with E-state index in [-0.39, 0.29) is 23.9 Å². The number of ether oxygens (including phenoxy) is 1. The van der Waals surface area contributed by atoms with Gasteiger partial charge in [0.15, 0.2) is 5.69 Å². The van der Waals surface area contributed by atoms with Gasteiger partial charge >= 0.3 is 12.1 Å². The van der Waals surface area contributed by atoms with Gasteiger partial charge < -0.3 is 19.6 Å². The van der Waals surface area contributed by atoms with Crippen molar-refractivity contribution >= 4 is 39.4 Å². The average Bonchev–Trinajstić information content (AvgIpc) is 3.25. The predicted octanol–water partition coefficient (Wildman–Crippen LogP) is 3.19. The normalized spacial score (nSPS) is 22.3. The summed E-state index contributed by atoms with van der Waals surface area (Å²) in [5.41, 5.74) is 0.669. The van der Waals surface area contributed by atoms with E-state index in [4.69, 9.17) is 4.74 Å². The van der Waals surface area contributed by atoms with Crippen LogP contribution in [0, 0.1) is 0 Å². The van der Waals surface area contributed by atoms with Crippen molar-refractivity contribution in [3.8, 4) is 0 Å². The molecule has 0 radical (unpaired) electrons. The molecule has 1 N–H and O–H groups in total. The lowest BCUT2D eigenvalue weighted by molar-refractivity contribution is 0.0214. The van der Waals surface area contributed by atoms with E-state index < -0.39 is 11.6 Å². The van der Waals surface area contributed by atoms with Crippen LogP contribution in [0.2, 0.25) is 0 Å².